The summed E-state index contributed by atoms with van der Waals surface area (Å²) < 4.78 is 2.12. The van der Waals surface area contributed by atoms with E-state index in [-0.39, 0.29) is 0 Å². The van der Waals surface area contributed by atoms with E-state index in [0.29, 0.717) is 6.54 Å². The lowest BCUT2D eigenvalue weighted by atomic mass is 10.1. The molecule has 0 radical (unpaired) electrons. The zero-order valence-electron chi connectivity index (χ0n) is 11.9. The van der Waals surface area contributed by atoms with Gasteiger partial charge in [0.25, 0.3) is 0 Å². The lowest BCUT2D eigenvalue weighted by Crippen LogP contribution is -2.03. The van der Waals surface area contributed by atoms with E-state index < -0.39 is 0 Å². The van der Waals surface area contributed by atoms with Gasteiger partial charge in [-0.3, -0.25) is 4.68 Å². The van der Waals surface area contributed by atoms with E-state index >= 15 is 0 Å². The first-order valence-electron chi connectivity index (χ1n) is 7.51. The Morgan fingerprint density at radius 1 is 1.05 bits per heavy atom. The van der Waals surface area contributed by atoms with Gasteiger partial charge in [0.1, 0.15) is 0 Å². The summed E-state index contributed by atoms with van der Waals surface area (Å²) >= 11 is 0. The van der Waals surface area contributed by atoms with Gasteiger partial charge >= 0.3 is 0 Å². The molecule has 2 aromatic rings. The molecule has 0 aliphatic heterocycles. The molecule has 0 bridgehead atoms. The second-order valence-corrected chi connectivity index (χ2v) is 5.16. The summed E-state index contributed by atoms with van der Waals surface area (Å²) in [6, 6.07) is 8.38. The number of aromatic nitrogens is 2. The summed E-state index contributed by atoms with van der Waals surface area (Å²) in [5.74, 6) is 0. The van der Waals surface area contributed by atoms with Crippen LogP contribution in [0.4, 0.5) is 0 Å². The van der Waals surface area contributed by atoms with Gasteiger partial charge in [0.2, 0.25) is 0 Å². The maximum atomic E-state index is 5.76. The number of hydrogen-bond acceptors (Lipinski definition) is 2. The number of para-hydroxylation sites is 1. The molecule has 0 saturated heterocycles. The average molecular weight is 259 g/mol. The Morgan fingerprint density at radius 3 is 2.58 bits per heavy atom. The van der Waals surface area contributed by atoms with E-state index in [1.807, 2.05) is 0 Å². The first kappa shape index (κ1) is 14.1. The Kier molecular flexibility index (Phi) is 5.40. The fraction of sp³-hybridized carbons (Fsp3) is 0.562. The van der Waals surface area contributed by atoms with Crippen molar-refractivity contribution < 1.29 is 0 Å². The number of nitrogens with two attached hydrogens (primary N) is 1. The van der Waals surface area contributed by atoms with Crippen molar-refractivity contribution in [3.8, 4) is 0 Å². The first-order chi connectivity index (χ1) is 9.36. The molecule has 0 saturated carbocycles. The minimum atomic E-state index is 0.518. The summed E-state index contributed by atoms with van der Waals surface area (Å²) in [5, 5.41) is 5.84. The SMILES string of the molecule is CCCCCCCCn1nc(CN)c2ccccc21. The van der Waals surface area contributed by atoms with Gasteiger partial charge < -0.3 is 5.73 Å². The minimum Gasteiger partial charge on any atom is -0.325 e. The van der Waals surface area contributed by atoms with Gasteiger partial charge in [-0.1, -0.05) is 57.2 Å². The van der Waals surface area contributed by atoms with E-state index in [1.165, 1.54) is 49.4 Å². The number of hydrogen-bond donors (Lipinski definition) is 1. The van der Waals surface area contributed by atoms with Crippen LogP contribution in [0.25, 0.3) is 10.9 Å². The molecular weight excluding hydrogens is 234 g/mol. The Morgan fingerprint density at radius 2 is 1.79 bits per heavy atom. The maximum Gasteiger partial charge on any atom is 0.0838 e. The van der Waals surface area contributed by atoms with E-state index in [2.05, 4.69) is 41.0 Å². The largest absolute Gasteiger partial charge is 0.325 e. The van der Waals surface area contributed by atoms with Crippen LogP contribution in [0.1, 0.15) is 51.1 Å². The van der Waals surface area contributed by atoms with Gasteiger partial charge in [0, 0.05) is 18.5 Å². The van der Waals surface area contributed by atoms with Gasteiger partial charge in [-0.05, 0) is 12.5 Å². The lowest BCUT2D eigenvalue weighted by Gasteiger charge is -2.03. The molecule has 0 spiro atoms. The fourth-order valence-electron chi connectivity index (χ4n) is 2.56. The highest BCUT2D eigenvalue weighted by Gasteiger charge is 2.07. The summed E-state index contributed by atoms with van der Waals surface area (Å²) in [7, 11) is 0. The molecule has 104 valence electrons. The number of unbranched alkanes of at least 4 members (excludes halogenated alkanes) is 5. The van der Waals surface area contributed by atoms with Crippen molar-refractivity contribution in [3.05, 3.63) is 30.0 Å². The highest BCUT2D eigenvalue weighted by Crippen LogP contribution is 2.18. The number of benzene rings is 1. The first-order valence-corrected chi connectivity index (χ1v) is 7.51. The minimum absolute atomic E-state index is 0.518. The molecular formula is C16H25N3. The van der Waals surface area contributed by atoms with Gasteiger partial charge in [0.15, 0.2) is 0 Å². The molecule has 3 heteroatoms. The Labute approximate surface area is 115 Å². The third-order valence-electron chi connectivity index (χ3n) is 3.65. The highest BCUT2D eigenvalue weighted by molar-refractivity contribution is 5.81. The second-order valence-electron chi connectivity index (χ2n) is 5.16. The van der Waals surface area contributed by atoms with Crippen LogP contribution >= 0.6 is 0 Å². The topological polar surface area (TPSA) is 43.8 Å². The van der Waals surface area contributed by atoms with Crippen LogP contribution in [-0.2, 0) is 13.1 Å². The molecule has 1 aromatic heterocycles. The van der Waals surface area contributed by atoms with Gasteiger partial charge in [-0.2, -0.15) is 5.10 Å². The molecule has 0 atom stereocenters. The van der Waals surface area contributed by atoms with Crippen LogP contribution in [0.15, 0.2) is 24.3 Å². The summed E-state index contributed by atoms with van der Waals surface area (Å²) in [5.41, 5.74) is 8.00. The van der Waals surface area contributed by atoms with Gasteiger partial charge in [-0.15, -0.1) is 0 Å². The van der Waals surface area contributed by atoms with E-state index in [1.54, 1.807) is 0 Å². The van der Waals surface area contributed by atoms with Crippen LogP contribution in [0.2, 0.25) is 0 Å². The number of aryl methyl sites for hydroxylation is 1. The van der Waals surface area contributed by atoms with Crippen LogP contribution in [0.3, 0.4) is 0 Å². The maximum absolute atomic E-state index is 5.76. The monoisotopic (exact) mass is 259 g/mol. The number of nitrogens with zero attached hydrogens (tertiary/aromatic N) is 2. The van der Waals surface area contributed by atoms with Gasteiger partial charge in [0.05, 0.1) is 11.2 Å². The molecule has 2 N–H and O–H groups in total. The van der Waals surface area contributed by atoms with Crippen molar-refractivity contribution in [2.24, 2.45) is 5.73 Å². The van der Waals surface area contributed by atoms with E-state index in [9.17, 15) is 0 Å². The molecule has 0 aliphatic rings. The van der Waals surface area contributed by atoms with Crippen LogP contribution < -0.4 is 5.73 Å². The summed E-state index contributed by atoms with van der Waals surface area (Å²) in [4.78, 5) is 0. The third kappa shape index (κ3) is 3.57. The zero-order chi connectivity index (χ0) is 13.5. The van der Waals surface area contributed by atoms with Crippen LogP contribution in [-0.4, -0.2) is 9.78 Å². The lowest BCUT2D eigenvalue weighted by molar-refractivity contribution is 0.534. The predicted molar refractivity (Wildman–Crippen MR) is 81.0 cm³/mol. The average Bonchev–Trinajstić information content (AvgIpc) is 2.81. The molecule has 3 nitrogen and oxygen atoms in total. The van der Waals surface area contributed by atoms with Crippen molar-refractivity contribution >= 4 is 10.9 Å². The Balaban J connectivity index is 1.93. The normalized spacial score (nSPS) is 11.3. The number of rotatable bonds is 8. The van der Waals surface area contributed by atoms with Crippen LogP contribution in [0.5, 0.6) is 0 Å². The predicted octanol–water partition coefficient (Wildman–Crippen LogP) is 3.86. The molecule has 0 fully saturated rings. The fourth-order valence-corrected chi connectivity index (χ4v) is 2.56. The molecule has 1 heterocycles. The van der Waals surface area contributed by atoms with Crippen molar-refractivity contribution in [1.29, 1.82) is 0 Å². The molecule has 0 amide bonds. The zero-order valence-corrected chi connectivity index (χ0v) is 11.9. The second kappa shape index (κ2) is 7.29. The third-order valence-corrected chi connectivity index (χ3v) is 3.65. The van der Waals surface area contributed by atoms with E-state index in [4.69, 9.17) is 5.73 Å². The molecule has 0 unspecified atom stereocenters. The van der Waals surface area contributed by atoms with Crippen molar-refractivity contribution in [3.63, 3.8) is 0 Å². The van der Waals surface area contributed by atoms with Gasteiger partial charge in [-0.25, -0.2) is 0 Å². The van der Waals surface area contributed by atoms with Crippen LogP contribution in [0, 0.1) is 0 Å². The number of fused-ring (bicyclic) bond motifs is 1. The smallest absolute Gasteiger partial charge is 0.0838 e. The Hall–Kier alpha value is -1.35. The molecule has 1 aromatic carbocycles. The summed E-state index contributed by atoms with van der Waals surface area (Å²) in [6.45, 7) is 3.78. The van der Waals surface area contributed by atoms with E-state index in [0.717, 1.165) is 12.2 Å². The molecule has 19 heavy (non-hydrogen) atoms. The Bertz CT molecular complexity index is 502. The van der Waals surface area contributed by atoms with Crippen molar-refractivity contribution in [1.82, 2.24) is 9.78 Å². The molecule has 0 aliphatic carbocycles. The standard InChI is InChI=1S/C16H25N3/c1-2-3-4-5-6-9-12-19-16-11-8-7-10-14(16)15(13-17)18-19/h7-8,10-11H,2-6,9,12-13,17H2,1H3. The highest BCUT2D eigenvalue weighted by atomic mass is 15.3. The van der Waals surface area contributed by atoms with Crippen molar-refractivity contribution in [2.75, 3.05) is 0 Å². The molecule has 2 rings (SSSR count). The van der Waals surface area contributed by atoms with Crippen molar-refractivity contribution in [2.45, 2.75) is 58.5 Å². The summed E-state index contributed by atoms with van der Waals surface area (Å²) in [6.07, 6.45) is 7.89. The quantitative estimate of drug-likeness (QED) is 0.732.